The van der Waals surface area contributed by atoms with Crippen LogP contribution in [0.15, 0.2) is 41.5 Å². The Morgan fingerprint density at radius 1 is 1.28 bits per heavy atom. The number of amides is 1. The van der Waals surface area contributed by atoms with Crippen molar-refractivity contribution in [3.63, 3.8) is 0 Å². The summed E-state index contributed by atoms with van der Waals surface area (Å²) in [5.41, 5.74) is -0.282. The molecule has 0 saturated heterocycles. The van der Waals surface area contributed by atoms with Gasteiger partial charge in [0.05, 0.1) is 15.6 Å². The Bertz CT molecular complexity index is 733. The molecule has 0 aliphatic heterocycles. The van der Waals surface area contributed by atoms with Crippen molar-refractivity contribution in [2.45, 2.75) is 31.1 Å². The first-order valence-electron chi connectivity index (χ1n) is 7.57. The Morgan fingerprint density at radius 2 is 1.96 bits per heavy atom. The molecule has 138 valence electrons. The molecule has 0 radical (unpaired) electrons. The number of hydrogen-bond acceptors (Lipinski definition) is 6. The van der Waals surface area contributed by atoms with Gasteiger partial charge in [0.1, 0.15) is 0 Å². The molecule has 0 aliphatic rings. The molecule has 1 aromatic rings. The van der Waals surface area contributed by atoms with E-state index in [1.165, 1.54) is 18.2 Å². The molecule has 1 amide bonds. The Morgan fingerprint density at radius 3 is 2.60 bits per heavy atom. The van der Waals surface area contributed by atoms with Crippen LogP contribution in [0.4, 0.5) is 10.5 Å². The third-order valence-electron chi connectivity index (χ3n) is 3.02. The second kappa shape index (κ2) is 9.74. The molecule has 0 spiro atoms. The third kappa shape index (κ3) is 7.77. The molecule has 2 N–H and O–H groups in total. The van der Waals surface area contributed by atoms with E-state index in [4.69, 9.17) is 4.74 Å². The fraction of sp³-hybridized carbons (Fsp3) is 0.400. The lowest BCUT2D eigenvalue weighted by Gasteiger charge is -2.07. The summed E-state index contributed by atoms with van der Waals surface area (Å²) in [5.74, 6) is 0.299. The fourth-order valence-electron chi connectivity index (χ4n) is 1.87. The minimum absolute atomic E-state index is 0.147. The van der Waals surface area contributed by atoms with E-state index in [0.717, 1.165) is 6.07 Å². The van der Waals surface area contributed by atoms with Gasteiger partial charge >= 0.3 is 6.09 Å². The highest BCUT2D eigenvalue weighted by Crippen LogP contribution is 2.17. The monoisotopic (exact) mass is 371 g/mol. The molecular formula is C15H21N3O6S. The standard InChI is InChI=1S/C15H21N3O6S/c1-12(2)24-15(19)16-9-4-3-5-10-17-25(22,23)14-8-6-7-13(11-14)18(20)21/h6-8,11,17H,1,3-5,9-10H2,2H3,(H,16,19). The summed E-state index contributed by atoms with van der Waals surface area (Å²) in [4.78, 5) is 21.1. The summed E-state index contributed by atoms with van der Waals surface area (Å²) >= 11 is 0. The molecule has 0 saturated carbocycles. The van der Waals surface area contributed by atoms with Crippen LogP contribution in [0.1, 0.15) is 26.2 Å². The summed E-state index contributed by atoms with van der Waals surface area (Å²) < 4.78 is 31.3. The summed E-state index contributed by atoms with van der Waals surface area (Å²) in [6, 6.07) is 4.86. The average molecular weight is 371 g/mol. The molecule has 0 unspecified atom stereocenters. The predicted octanol–water partition coefficient (Wildman–Crippen LogP) is 2.30. The number of carbonyl (C=O) groups excluding carboxylic acids is 1. The van der Waals surface area contributed by atoms with Gasteiger partial charge < -0.3 is 10.1 Å². The Kier molecular flexibility index (Phi) is 8.02. The summed E-state index contributed by atoms with van der Waals surface area (Å²) in [6.45, 7) is 5.61. The van der Waals surface area contributed by atoms with Crippen LogP contribution in [-0.4, -0.2) is 32.5 Å². The summed E-state index contributed by atoms with van der Waals surface area (Å²) in [7, 11) is -3.79. The number of allylic oxidation sites excluding steroid dienone is 1. The molecular weight excluding hydrogens is 350 g/mol. The second-order valence-corrected chi connectivity index (χ2v) is 7.00. The zero-order chi connectivity index (χ0) is 18.9. The van der Waals surface area contributed by atoms with Crippen molar-refractivity contribution in [3.05, 3.63) is 46.7 Å². The number of nitrogens with one attached hydrogen (secondary N) is 2. The van der Waals surface area contributed by atoms with Gasteiger partial charge in [0, 0.05) is 25.2 Å². The topological polar surface area (TPSA) is 128 Å². The van der Waals surface area contributed by atoms with E-state index in [2.05, 4.69) is 16.6 Å². The molecule has 0 aliphatic carbocycles. The maximum Gasteiger partial charge on any atom is 0.412 e. The van der Waals surface area contributed by atoms with E-state index in [1.54, 1.807) is 6.92 Å². The molecule has 25 heavy (non-hydrogen) atoms. The maximum absolute atomic E-state index is 12.1. The number of hydrogen-bond donors (Lipinski definition) is 2. The van der Waals surface area contributed by atoms with Gasteiger partial charge in [0.2, 0.25) is 10.0 Å². The van der Waals surface area contributed by atoms with Crippen LogP contribution < -0.4 is 10.0 Å². The van der Waals surface area contributed by atoms with Crippen LogP contribution in [0.2, 0.25) is 0 Å². The van der Waals surface area contributed by atoms with Crippen molar-refractivity contribution in [2.24, 2.45) is 0 Å². The number of sulfonamides is 1. The molecule has 1 rings (SSSR count). The number of rotatable bonds is 10. The van der Waals surface area contributed by atoms with Gasteiger partial charge in [0.15, 0.2) is 0 Å². The largest absolute Gasteiger partial charge is 0.416 e. The number of nitro benzene ring substituents is 1. The molecule has 0 aromatic heterocycles. The zero-order valence-corrected chi connectivity index (χ0v) is 14.7. The van der Waals surface area contributed by atoms with Gasteiger partial charge in [-0.3, -0.25) is 10.1 Å². The molecule has 0 bridgehead atoms. The van der Waals surface area contributed by atoms with Crippen LogP contribution in [0, 0.1) is 10.1 Å². The number of benzene rings is 1. The van der Waals surface area contributed by atoms with Crippen LogP contribution in [0.25, 0.3) is 0 Å². The number of unbranched alkanes of at least 4 members (excludes halogenated alkanes) is 2. The van der Waals surface area contributed by atoms with Crippen molar-refractivity contribution >= 4 is 21.8 Å². The van der Waals surface area contributed by atoms with Gasteiger partial charge in [0.25, 0.3) is 5.69 Å². The van der Waals surface area contributed by atoms with Crippen LogP contribution in [-0.2, 0) is 14.8 Å². The second-order valence-electron chi connectivity index (χ2n) is 5.23. The quantitative estimate of drug-likeness (QED) is 0.281. The van der Waals surface area contributed by atoms with Crippen molar-refractivity contribution < 1.29 is 22.9 Å². The highest BCUT2D eigenvalue weighted by atomic mass is 32.2. The summed E-state index contributed by atoms with van der Waals surface area (Å²) in [5, 5.41) is 13.2. The number of nitro groups is 1. The number of non-ortho nitro benzene ring substituents is 1. The van der Waals surface area contributed by atoms with Gasteiger partial charge in [-0.1, -0.05) is 19.1 Å². The zero-order valence-electron chi connectivity index (χ0n) is 13.9. The Hall–Kier alpha value is -2.46. The summed E-state index contributed by atoms with van der Waals surface area (Å²) in [6.07, 6.45) is 1.33. The minimum atomic E-state index is -3.79. The fourth-order valence-corrected chi connectivity index (χ4v) is 2.98. The predicted molar refractivity (Wildman–Crippen MR) is 91.4 cm³/mol. The van der Waals surface area contributed by atoms with Gasteiger partial charge in [-0.2, -0.15) is 0 Å². The lowest BCUT2D eigenvalue weighted by Crippen LogP contribution is -2.26. The normalized spacial score (nSPS) is 10.9. The molecule has 10 heteroatoms. The maximum atomic E-state index is 12.1. The van der Waals surface area contributed by atoms with Gasteiger partial charge in [-0.05, 0) is 25.8 Å². The molecule has 0 fully saturated rings. The number of alkyl carbamates (subject to hydrolysis) is 1. The lowest BCUT2D eigenvalue weighted by atomic mass is 10.2. The first-order valence-corrected chi connectivity index (χ1v) is 9.06. The molecule has 0 heterocycles. The minimum Gasteiger partial charge on any atom is -0.416 e. The third-order valence-corrected chi connectivity index (χ3v) is 4.48. The van der Waals surface area contributed by atoms with Crippen molar-refractivity contribution in [2.75, 3.05) is 13.1 Å². The Balaban J connectivity index is 2.31. The van der Waals surface area contributed by atoms with E-state index >= 15 is 0 Å². The van der Waals surface area contributed by atoms with Crippen molar-refractivity contribution in [1.29, 1.82) is 0 Å². The van der Waals surface area contributed by atoms with Crippen molar-refractivity contribution in [1.82, 2.24) is 10.0 Å². The molecule has 9 nitrogen and oxygen atoms in total. The Labute approximate surface area is 146 Å². The van der Waals surface area contributed by atoms with E-state index in [0.29, 0.717) is 31.6 Å². The van der Waals surface area contributed by atoms with Gasteiger partial charge in [-0.15, -0.1) is 0 Å². The first kappa shape index (κ1) is 20.6. The first-order chi connectivity index (χ1) is 11.7. The smallest absolute Gasteiger partial charge is 0.412 e. The van der Waals surface area contributed by atoms with Crippen molar-refractivity contribution in [3.8, 4) is 0 Å². The highest BCUT2D eigenvalue weighted by Gasteiger charge is 2.16. The van der Waals surface area contributed by atoms with Crippen LogP contribution in [0.5, 0.6) is 0 Å². The molecule has 1 aromatic carbocycles. The number of nitrogens with zero attached hydrogens (tertiary/aromatic N) is 1. The van der Waals surface area contributed by atoms with Crippen LogP contribution >= 0.6 is 0 Å². The lowest BCUT2D eigenvalue weighted by molar-refractivity contribution is -0.385. The molecule has 0 atom stereocenters. The SMILES string of the molecule is C=C(C)OC(=O)NCCCCCNS(=O)(=O)c1cccc([N+](=O)[O-])c1. The van der Waals surface area contributed by atoms with Crippen LogP contribution in [0.3, 0.4) is 0 Å². The van der Waals surface area contributed by atoms with E-state index < -0.39 is 21.0 Å². The number of carbonyl (C=O) groups is 1. The highest BCUT2D eigenvalue weighted by molar-refractivity contribution is 7.89. The van der Waals surface area contributed by atoms with E-state index in [1.807, 2.05) is 0 Å². The van der Waals surface area contributed by atoms with E-state index in [9.17, 15) is 23.3 Å². The average Bonchev–Trinajstić information content (AvgIpc) is 2.53. The van der Waals surface area contributed by atoms with E-state index in [-0.39, 0.29) is 17.1 Å². The van der Waals surface area contributed by atoms with Gasteiger partial charge in [-0.25, -0.2) is 17.9 Å². The number of ether oxygens (including phenoxy) is 1.